The summed E-state index contributed by atoms with van der Waals surface area (Å²) in [5.74, 6) is 0. The van der Waals surface area contributed by atoms with E-state index in [2.05, 4.69) is 28.4 Å². The van der Waals surface area contributed by atoms with Crippen LogP contribution in [0.5, 0.6) is 0 Å². The minimum absolute atomic E-state index is 0.719. The summed E-state index contributed by atoms with van der Waals surface area (Å²) < 4.78 is 1.97. The zero-order chi connectivity index (χ0) is 13.9. The van der Waals surface area contributed by atoms with Gasteiger partial charge in [-0.25, -0.2) is 0 Å². The summed E-state index contributed by atoms with van der Waals surface area (Å²) in [6.07, 6.45) is 10.1. The van der Waals surface area contributed by atoms with Gasteiger partial charge in [0, 0.05) is 37.4 Å². The van der Waals surface area contributed by atoms with E-state index in [1.165, 1.54) is 56.5 Å². The monoisotopic (exact) mass is 276 g/mol. The molecule has 3 rings (SSSR count). The van der Waals surface area contributed by atoms with Crippen LogP contribution in [0.3, 0.4) is 0 Å². The molecule has 0 spiro atoms. The lowest BCUT2D eigenvalue weighted by molar-refractivity contribution is 0.112. The van der Waals surface area contributed by atoms with Crippen molar-refractivity contribution < 1.29 is 0 Å². The van der Waals surface area contributed by atoms with Crippen LogP contribution >= 0.6 is 0 Å². The molecule has 1 N–H and O–H groups in total. The smallest absolute Gasteiger partial charge is 0.0666 e. The first kappa shape index (κ1) is 14.1. The largest absolute Gasteiger partial charge is 0.312 e. The third kappa shape index (κ3) is 2.91. The molecule has 2 aliphatic rings. The fourth-order valence-corrected chi connectivity index (χ4v) is 3.94. The van der Waals surface area contributed by atoms with Gasteiger partial charge in [-0.15, -0.1) is 0 Å². The lowest BCUT2D eigenvalue weighted by atomic mass is 9.94. The quantitative estimate of drug-likeness (QED) is 0.914. The van der Waals surface area contributed by atoms with Crippen LogP contribution in [0.4, 0.5) is 0 Å². The van der Waals surface area contributed by atoms with Crippen LogP contribution in [-0.4, -0.2) is 39.9 Å². The SMILES string of the molecule is CCc1nn(C)cc1CN1CCCCC1C1CCCN1. The van der Waals surface area contributed by atoms with Crippen molar-refractivity contribution >= 4 is 0 Å². The molecule has 2 fully saturated rings. The van der Waals surface area contributed by atoms with Gasteiger partial charge in [0.05, 0.1) is 5.69 Å². The van der Waals surface area contributed by atoms with Gasteiger partial charge in [0.15, 0.2) is 0 Å². The number of aromatic nitrogens is 2. The van der Waals surface area contributed by atoms with Crippen molar-refractivity contribution in [3.05, 3.63) is 17.5 Å². The van der Waals surface area contributed by atoms with Crippen molar-refractivity contribution in [1.82, 2.24) is 20.0 Å². The maximum Gasteiger partial charge on any atom is 0.0666 e. The van der Waals surface area contributed by atoms with E-state index in [0.29, 0.717) is 0 Å². The van der Waals surface area contributed by atoms with E-state index in [4.69, 9.17) is 0 Å². The molecular formula is C16H28N4. The number of piperidine rings is 1. The number of aryl methyl sites for hydroxylation is 2. The van der Waals surface area contributed by atoms with Crippen LogP contribution in [0.15, 0.2) is 6.20 Å². The maximum absolute atomic E-state index is 4.59. The molecule has 0 amide bonds. The molecule has 4 nitrogen and oxygen atoms in total. The van der Waals surface area contributed by atoms with Crippen molar-refractivity contribution in [1.29, 1.82) is 0 Å². The molecule has 2 aliphatic heterocycles. The second-order valence-electron chi connectivity index (χ2n) is 6.36. The van der Waals surface area contributed by atoms with Crippen molar-refractivity contribution in [2.75, 3.05) is 13.1 Å². The van der Waals surface area contributed by atoms with Crippen molar-refractivity contribution in [2.45, 2.75) is 64.1 Å². The highest BCUT2D eigenvalue weighted by atomic mass is 15.3. The molecule has 2 saturated heterocycles. The molecule has 0 radical (unpaired) electrons. The van der Waals surface area contributed by atoms with Gasteiger partial charge < -0.3 is 5.32 Å². The molecule has 1 aromatic heterocycles. The molecule has 1 aromatic rings. The maximum atomic E-state index is 4.59. The summed E-state index contributed by atoms with van der Waals surface area (Å²) in [6.45, 7) is 5.75. The number of hydrogen-bond donors (Lipinski definition) is 1. The molecular weight excluding hydrogens is 248 g/mol. The highest BCUT2D eigenvalue weighted by Crippen LogP contribution is 2.26. The number of rotatable bonds is 4. The first-order valence-electron chi connectivity index (χ1n) is 8.26. The molecule has 2 atom stereocenters. The van der Waals surface area contributed by atoms with Gasteiger partial charge in [0.2, 0.25) is 0 Å². The molecule has 0 saturated carbocycles. The molecule has 112 valence electrons. The molecule has 0 aliphatic carbocycles. The summed E-state index contributed by atoms with van der Waals surface area (Å²) in [6, 6.07) is 1.45. The summed E-state index contributed by atoms with van der Waals surface area (Å²) in [5.41, 5.74) is 2.70. The predicted molar refractivity (Wildman–Crippen MR) is 81.7 cm³/mol. The van der Waals surface area contributed by atoms with Crippen LogP contribution in [0.2, 0.25) is 0 Å². The minimum atomic E-state index is 0.719. The van der Waals surface area contributed by atoms with Gasteiger partial charge in [0.25, 0.3) is 0 Å². The van der Waals surface area contributed by atoms with Crippen molar-refractivity contribution in [2.24, 2.45) is 7.05 Å². The Morgan fingerprint density at radius 1 is 1.30 bits per heavy atom. The number of nitrogens with zero attached hydrogens (tertiary/aromatic N) is 3. The van der Waals surface area contributed by atoms with E-state index in [0.717, 1.165) is 25.0 Å². The average Bonchev–Trinajstić information content (AvgIpc) is 3.09. The van der Waals surface area contributed by atoms with Crippen LogP contribution in [0, 0.1) is 0 Å². The zero-order valence-corrected chi connectivity index (χ0v) is 12.9. The third-order valence-corrected chi connectivity index (χ3v) is 4.93. The topological polar surface area (TPSA) is 33.1 Å². The Bertz CT molecular complexity index is 434. The Balaban J connectivity index is 1.72. The van der Waals surface area contributed by atoms with E-state index < -0.39 is 0 Å². The molecule has 2 unspecified atom stereocenters. The van der Waals surface area contributed by atoms with E-state index in [9.17, 15) is 0 Å². The van der Waals surface area contributed by atoms with Crippen molar-refractivity contribution in [3.8, 4) is 0 Å². The van der Waals surface area contributed by atoms with Gasteiger partial charge in [-0.2, -0.15) is 5.10 Å². The standard InChI is InChI=1S/C16H28N4/c1-3-14-13(11-19(2)18-14)12-20-10-5-4-8-16(20)15-7-6-9-17-15/h11,15-17H,3-10,12H2,1-2H3. The van der Waals surface area contributed by atoms with Gasteiger partial charge in [-0.3, -0.25) is 9.58 Å². The fraction of sp³-hybridized carbons (Fsp3) is 0.812. The Morgan fingerprint density at radius 3 is 2.95 bits per heavy atom. The molecule has 0 bridgehead atoms. The van der Waals surface area contributed by atoms with Crippen LogP contribution in [0.1, 0.15) is 50.3 Å². The second kappa shape index (κ2) is 6.27. The Kier molecular flexibility index (Phi) is 4.41. The second-order valence-corrected chi connectivity index (χ2v) is 6.36. The highest BCUT2D eigenvalue weighted by Gasteiger charge is 2.31. The first-order valence-corrected chi connectivity index (χ1v) is 8.26. The van der Waals surface area contributed by atoms with Gasteiger partial charge >= 0.3 is 0 Å². The minimum Gasteiger partial charge on any atom is -0.312 e. The van der Waals surface area contributed by atoms with Gasteiger partial charge in [-0.05, 0) is 45.2 Å². The third-order valence-electron chi connectivity index (χ3n) is 4.93. The van der Waals surface area contributed by atoms with Gasteiger partial charge in [-0.1, -0.05) is 13.3 Å². The molecule has 3 heterocycles. The summed E-state index contributed by atoms with van der Waals surface area (Å²) in [7, 11) is 2.04. The summed E-state index contributed by atoms with van der Waals surface area (Å²) >= 11 is 0. The Morgan fingerprint density at radius 2 is 2.20 bits per heavy atom. The van der Waals surface area contributed by atoms with E-state index in [-0.39, 0.29) is 0 Å². The van der Waals surface area contributed by atoms with E-state index in [1.807, 2.05) is 11.7 Å². The van der Waals surface area contributed by atoms with Crippen molar-refractivity contribution in [3.63, 3.8) is 0 Å². The first-order chi connectivity index (χ1) is 9.78. The van der Waals surface area contributed by atoms with Crippen LogP contribution in [0.25, 0.3) is 0 Å². The van der Waals surface area contributed by atoms with E-state index in [1.54, 1.807) is 0 Å². The van der Waals surface area contributed by atoms with Crippen LogP contribution in [-0.2, 0) is 20.0 Å². The highest BCUT2D eigenvalue weighted by molar-refractivity contribution is 5.17. The lowest BCUT2D eigenvalue weighted by Crippen LogP contribution is -2.49. The van der Waals surface area contributed by atoms with Gasteiger partial charge in [0.1, 0.15) is 0 Å². The zero-order valence-electron chi connectivity index (χ0n) is 12.9. The number of hydrogen-bond acceptors (Lipinski definition) is 3. The summed E-state index contributed by atoms with van der Waals surface area (Å²) in [5, 5.41) is 8.30. The number of nitrogens with one attached hydrogen (secondary N) is 1. The molecule has 20 heavy (non-hydrogen) atoms. The molecule has 4 heteroatoms. The summed E-state index contributed by atoms with van der Waals surface area (Å²) in [4.78, 5) is 2.71. The van der Waals surface area contributed by atoms with Crippen LogP contribution < -0.4 is 5.32 Å². The van der Waals surface area contributed by atoms with E-state index >= 15 is 0 Å². The fourth-order valence-electron chi connectivity index (χ4n) is 3.94. The lowest BCUT2D eigenvalue weighted by Gasteiger charge is -2.39. The Labute approximate surface area is 122 Å². The number of likely N-dealkylation sites (tertiary alicyclic amines) is 1. The Hall–Kier alpha value is -0.870. The predicted octanol–water partition coefficient (Wildman–Crippen LogP) is 2.09. The normalized spacial score (nSPS) is 28.1. The molecule has 0 aromatic carbocycles. The average molecular weight is 276 g/mol.